The van der Waals surface area contributed by atoms with Gasteiger partial charge in [0.2, 0.25) is 0 Å². The number of carbonyl (C=O) groups excluding carboxylic acids is 3. The molecule has 1 aliphatic heterocycles. The number of amides is 4. The van der Waals surface area contributed by atoms with Gasteiger partial charge in [-0.1, -0.05) is 51.2 Å². The second-order valence-electron chi connectivity index (χ2n) is 7.62. The third-order valence-electron chi connectivity index (χ3n) is 5.14. The second kappa shape index (κ2) is 11.2. The van der Waals surface area contributed by atoms with Crippen molar-refractivity contribution in [2.75, 3.05) is 11.5 Å². The van der Waals surface area contributed by atoms with Crippen molar-refractivity contribution in [3.8, 4) is 5.75 Å². The summed E-state index contributed by atoms with van der Waals surface area (Å²) in [6.07, 6.45) is 8.54. The first-order chi connectivity index (χ1) is 15.5. The quantitative estimate of drug-likeness (QED) is 0.313. The van der Waals surface area contributed by atoms with Crippen molar-refractivity contribution in [1.82, 2.24) is 5.32 Å². The zero-order chi connectivity index (χ0) is 22.9. The van der Waals surface area contributed by atoms with Crippen LogP contribution in [0.5, 0.6) is 5.75 Å². The van der Waals surface area contributed by atoms with Crippen LogP contribution in [0, 0.1) is 5.82 Å². The van der Waals surface area contributed by atoms with Gasteiger partial charge in [0.05, 0.1) is 12.3 Å². The predicted octanol–water partition coefficient (Wildman–Crippen LogP) is 5.23. The lowest BCUT2D eigenvalue weighted by Gasteiger charge is -2.26. The Hall–Kier alpha value is -3.48. The Labute approximate surface area is 187 Å². The first-order valence-corrected chi connectivity index (χ1v) is 10.9. The molecular weight excluding hydrogens is 411 g/mol. The Balaban J connectivity index is 1.63. The zero-order valence-electron chi connectivity index (χ0n) is 18.1. The van der Waals surface area contributed by atoms with Crippen molar-refractivity contribution in [2.24, 2.45) is 0 Å². The van der Waals surface area contributed by atoms with Crippen molar-refractivity contribution < 1.29 is 23.5 Å². The van der Waals surface area contributed by atoms with E-state index in [1.165, 1.54) is 43.9 Å². The Kier molecular flexibility index (Phi) is 8.14. The Morgan fingerprint density at radius 1 is 0.906 bits per heavy atom. The molecule has 7 heteroatoms. The van der Waals surface area contributed by atoms with Gasteiger partial charge < -0.3 is 4.74 Å². The molecule has 6 nitrogen and oxygen atoms in total. The lowest BCUT2D eigenvalue weighted by atomic mass is 10.1. The fourth-order valence-electron chi connectivity index (χ4n) is 3.38. The number of rotatable bonds is 10. The number of unbranched alkanes of at least 4 members (excludes halogenated alkanes) is 5. The van der Waals surface area contributed by atoms with Gasteiger partial charge in [-0.3, -0.25) is 14.9 Å². The van der Waals surface area contributed by atoms with Crippen molar-refractivity contribution in [3.63, 3.8) is 0 Å². The molecule has 1 heterocycles. The summed E-state index contributed by atoms with van der Waals surface area (Å²) in [7, 11) is 0. The zero-order valence-corrected chi connectivity index (χ0v) is 18.1. The van der Waals surface area contributed by atoms with Crippen LogP contribution in [0.25, 0.3) is 6.08 Å². The molecule has 1 aliphatic rings. The van der Waals surface area contributed by atoms with Gasteiger partial charge in [0, 0.05) is 0 Å². The summed E-state index contributed by atoms with van der Waals surface area (Å²) in [6, 6.07) is 11.0. The molecule has 1 fully saturated rings. The highest BCUT2D eigenvalue weighted by Crippen LogP contribution is 2.23. The minimum absolute atomic E-state index is 0.172. The van der Waals surface area contributed by atoms with Gasteiger partial charge in [0.25, 0.3) is 11.8 Å². The number of imide groups is 2. The van der Waals surface area contributed by atoms with E-state index in [9.17, 15) is 18.8 Å². The van der Waals surface area contributed by atoms with Gasteiger partial charge in [-0.25, -0.2) is 14.1 Å². The van der Waals surface area contributed by atoms with Crippen LogP contribution in [0.15, 0.2) is 54.1 Å². The molecular formula is C25H27FN2O4. The van der Waals surface area contributed by atoms with Crippen LogP contribution in [0.2, 0.25) is 0 Å². The number of barbiturate groups is 1. The summed E-state index contributed by atoms with van der Waals surface area (Å²) in [5, 5.41) is 2.15. The van der Waals surface area contributed by atoms with E-state index in [1.807, 2.05) is 0 Å². The number of carbonyl (C=O) groups is 3. The Bertz CT molecular complexity index is 984. The molecule has 0 aromatic heterocycles. The maximum atomic E-state index is 13.2. The first-order valence-electron chi connectivity index (χ1n) is 10.9. The third-order valence-corrected chi connectivity index (χ3v) is 5.14. The van der Waals surface area contributed by atoms with Crippen molar-refractivity contribution in [2.45, 2.75) is 45.4 Å². The molecule has 2 aromatic rings. The normalized spacial score (nSPS) is 15.2. The van der Waals surface area contributed by atoms with Gasteiger partial charge in [-0.2, -0.15) is 0 Å². The Morgan fingerprint density at radius 2 is 1.56 bits per heavy atom. The number of anilines is 1. The van der Waals surface area contributed by atoms with Crippen LogP contribution in [0.3, 0.4) is 0 Å². The largest absolute Gasteiger partial charge is 0.494 e. The fraction of sp³-hybridized carbons (Fsp3) is 0.320. The second-order valence-corrected chi connectivity index (χ2v) is 7.62. The topological polar surface area (TPSA) is 75.7 Å². The number of hydrogen-bond donors (Lipinski definition) is 1. The van der Waals surface area contributed by atoms with Crippen molar-refractivity contribution >= 4 is 29.6 Å². The summed E-state index contributed by atoms with van der Waals surface area (Å²) < 4.78 is 18.9. The summed E-state index contributed by atoms with van der Waals surface area (Å²) in [4.78, 5) is 38.1. The summed E-state index contributed by atoms with van der Waals surface area (Å²) in [5.41, 5.74) is 0.601. The molecule has 0 atom stereocenters. The molecule has 1 N–H and O–H groups in total. The minimum Gasteiger partial charge on any atom is -0.494 e. The van der Waals surface area contributed by atoms with E-state index in [0.717, 1.165) is 29.9 Å². The summed E-state index contributed by atoms with van der Waals surface area (Å²) in [5.74, 6) is -1.33. The van der Waals surface area contributed by atoms with E-state index in [0.29, 0.717) is 17.9 Å². The molecule has 2 aromatic carbocycles. The molecule has 0 spiro atoms. The molecule has 0 aliphatic carbocycles. The van der Waals surface area contributed by atoms with E-state index in [1.54, 1.807) is 24.3 Å². The molecule has 3 rings (SSSR count). The van der Waals surface area contributed by atoms with E-state index in [-0.39, 0.29) is 11.3 Å². The SMILES string of the molecule is CCCCCCCCOc1ccc(/C=C2\C(=O)NC(=O)N(c3ccc(F)cc3)C2=O)cc1. The maximum Gasteiger partial charge on any atom is 0.335 e. The third kappa shape index (κ3) is 6.03. The van der Waals surface area contributed by atoms with E-state index >= 15 is 0 Å². The van der Waals surface area contributed by atoms with E-state index < -0.39 is 23.7 Å². The van der Waals surface area contributed by atoms with Crippen molar-refractivity contribution in [1.29, 1.82) is 0 Å². The van der Waals surface area contributed by atoms with Gasteiger partial charge in [-0.05, 0) is 54.5 Å². The fourth-order valence-corrected chi connectivity index (χ4v) is 3.38. The number of nitrogens with one attached hydrogen (secondary N) is 1. The van der Waals surface area contributed by atoms with Crippen LogP contribution in [0.1, 0.15) is 51.0 Å². The molecule has 1 saturated heterocycles. The Morgan fingerprint density at radius 3 is 2.25 bits per heavy atom. The lowest BCUT2D eigenvalue weighted by Crippen LogP contribution is -2.54. The highest BCUT2D eigenvalue weighted by atomic mass is 19.1. The highest BCUT2D eigenvalue weighted by Gasteiger charge is 2.36. The molecule has 0 unspecified atom stereocenters. The van der Waals surface area contributed by atoms with Crippen LogP contribution < -0.4 is 15.0 Å². The molecule has 4 amide bonds. The minimum atomic E-state index is -0.873. The number of urea groups is 1. The predicted molar refractivity (Wildman–Crippen MR) is 121 cm³/mol. The number of benzene rings is 2. The van der Waals surface area contributed by atoms with E-state index in [4.69, 9.17) is 4.74 Å². The summed E-state index contributed by atoms with van der Waals surface area (Å²) in [6.45, 7) is 2.84. The van der Waals surface area contributed by atoms with Crippen LogP contribution in [0.4, 0.5) is 14.9 Å². The number of halogens is 1. The average molecular weight is 438 g/mol. The number of hydrogen-bond acceptors (Lipinski definition) is 4. The maximum absolute atomic E-state index is 13.2. The molecule has 168 valence electrons. The van der Waals surface area contributed by atoms with Gasteiger partial charge in [0.15, 0.2) is 0 Å². The van der Waals surface area contributed by atoms with Gasteiger partial charge in [-0.15, -0.1) is 0 Å². The summed E-state index contributed by atoms with van der Waals surface area (Å²) >= 11 is 0. The lowest BCUT2D eigenvalue weighted by molar-refractivity contribution is -0.122. The smallest absolute Gasteiger partial charge is 0.335 e. The number of nitrogens with zero attached hydrogens (tertiary/aromatic N) is 1. The highest BCUT2D eigenvalue weighted by molar-refractivity contribution is 6.39. The standard InChI is InChI=1S/C25H27FN2O4/c1-2-3-4-5-6-7-16-32-21-14-8-18(9-15-21)17-22-23(29)27-25(31)28(24(22)30)20-12-10-19(26)11-13-20/h8-15,17H,2-7,16H2,1H3,(H,27,29,31)/b22-17+. The van der Waals surface area contributed by atoms with Gasteiger partial charge >= 0.3 is 6.03 Å². The van der Waals surface area contributed by atoms with Gasteiger partial charge in [0.1, 0.15) is 17.1 Å². The molecule has 0 bridgehead atoms. The molecule has 0 radical (unpaired) electrons. The molecule has 0 saturated carbocycles. The molecule has 32 heavy (non-hydrogen) atoms. The monoisotopic (exact) mass is 438 g/mol. The van der Waals surface area contributed by atoms with Crippen LogP contribution in [-0.2, 0) is 9.59 Å². The van der Waals surface area contributed by atoms with Crippen LogP contribution in [-0.4, -0.2) is 24.5 Å². The van der Waals surface area contributed by atoms with E-state index in [2.05, 4.69) is 12.2 Å². The van der Waals surface area contributed by atoms with Crippen molar-refractivity contribution in [3.05, 3.63) is 65.5 Å². The number of ether oxygens (including phenoxy) is 1. The van der Waals surface area contributed by atoms with Crippen LogP contribution >= 0.6 is 0 Å². The first kappa shape index (κ1) is 23.2. The average Bonchev–Trinajstić information content (AvgIpc) is 2.78.